The lowest BCUT2D eigenvalue weighted by molar-refractivity contribution is 0.100. The number of carbonyl (C=O) groups excluding carboxylic acids is 1. The van der Waals surface area contributed by atoms with Gasteiger partial charge in [0, 0.05) is 0 Å². The Kier molecular flexibility index (Phi) is 2.01. The normalized spacial score (nSPS) is 10.8. The van der Waals surface area contributed by atoms with E-state index in [1.807, 2.05) is 30.3 Å². The van der Waals surface area contributed by atoms with Gasteiger partial charge in [0.2, 0.25) is 0 Å². The Balaban J connectivity index is 2.47. The molecule has 0 aliphatic heterocycles. The molecule has 3 rings (SSSR count). The summed E-state index contributed by atoms with van der Waals surface area (Å²) in [6.07, 6.45) is 0. The van der Waals surface area contributed by atoms with Crippen molar-refractivity contribution >= 4 is 28.0 Å². The summed E-state index contributed by atoms with van der Waals surface area (Å²) in [5, 5.41) is 0. The van der Waals surface area contributed by atoms with Crippen LogP contribution in [-0.4, -0.2) is 15.9 Å². The smallest absolute Gasteiger partial charge is 0.250 e. The summed E-state index contributed by atoms with van der Waals surface area (Å²) in [5.41, 5.74) is 8.52. The molecular weight excluding hydrogens is 214 g/mol. The van der Waals surface area contributed by atoms with Crippen LogP contribution in [0.25, 0.3) is 22.1 Å². The van der Waals surface area contributed by atoms with Crippen LogP contribution >= 0.6 is 0 Å². The number of amides is 1. The molecule has 4 heteroatoms. The lowest BCUT2D eigenvalue weighted by Gasteiger charge is -2.03. The Labute approximate surface area is 97.1 Å². The van der Waals surface area contributed by atoms with E-state index in [1.165, 1.54) is 0 Å². The molecular formula is C13H9N3O. The third-order valence-electron chi connectivity index (χ3n) is 2.64. The van der Waals surface area contributed by atoms with Gasteiger partial charge in [-0.2, -0.15) is 0 Å². The van der Waals surface area contributed by atoms with Crippen LogP contribution in [0.1, 0.15) is 10.4 Å². The standard InChI is InChI=1S/C13H9N3O/c14-13(17)8-4-3-7-11-12(8)16-10-6-2-1-5-9(10)15-11/h1-7H,(H2,14,17). The van der Waals surface area contributed by atoms with Crippen molar-refractivity contribution in [2.45, 2.75) is 0 Å². The number of rotatable bonds is 1. The van der Waals surface area contributed by atoms with Crippen molar-refractivity contribution in [1.82, 2.24) is 9.97 Å². The zero-order valence-corrected chi connectivity index (χ0v) is 8.92. The molecule has 0 spiro atoms. The van der Waals surface area contributed by atoms with Crippen LogP contribution in [0.5, 0.6) is 0 Å². The average molecular weight is 223 g/mol. The van der Waals surface area contributed by atoms with E-state index in [-0.39, 0.29) is 0 Å². The van der Waals surface area contributed by atoms with Gasteiger partial charge in [-0.05, 0) is 24.3 Å². The minimum Gasteiger partial charge on any atom is -0.366 e. The number of primary amides is 1. The maximum Gasteiger partial charge on any atom is 0.250 e. The van der Waals surface area contributed by atoms with Gasteiger partial charge in [0.05, 0.1) is 22.1 Å². The van der Waals surface area contributed by atoms with E-state index in [2.05, 4.69) is 9.97 Å². The zero-order chi connectivity index (χ0) is 11.8. The number of benzene rings is 2. The van der Waals surface area contributed by atoms with Crippen LogP contribution in [0.15, 0.2) is 42.5 Å². The predicted octanol–water partition coefficient (Wildman–Crippen LogP) is 1.88. The molecule has 0 bridgehead atoms. The number of nitrogens with zero attached hydrogens (tertiary/aromatic N) is 2. The Morgan fingerprint density at radius 1 is 0.882 bits per heavy atom. The van der Waals surface area contributed by atoms with Crippen molar-refractivity contribution in [1.29, 1.82) is 0 Å². The highest BCUT2D eigenvalue weighted by Crippen LogP contribution is 2.18. The molecule has 0 fully saturated rings. The highest BCUT2D eigenvalue weighted by atomic mass is 16.1. The van der Waals surface area contributed by atoms with Crippen molar-refractivity contribution in [3.05, 3.63) is 48.0 Å². The maximum atomic E-state index is 11.3. The van der Waals surface area contributed by atoms with Gasteiger partial charge in [0.1, 0.15) is 5.52 Å². The first-order chi connectivity index (χ1) is 8.25. The summed E-state index contributed by atoms with van der Waals surface area (Å²) in [7, 11) is 0. The summed E-state index contributed by atoms with van der Waals surface area (Å²) >= 11 is 0. The van der Waals surface area contributed by atoms with Crippen LogP contribution in [-0.2, 0) is 0 Å². The number of hydrogen-bond donors (Lipinski definition) is 1. The van der Waals surface area contributed by atoms with E-state index >= 15 is 0 Å². The lowest BCUT2D eigenvalue weighted by Crippen LogP contribution is -2.12. The van der Waals surface area contributed by atoms with Gasteiger partial charge in [0.15, 0.2) is 0 Å². The molecule has 0 radical (unpaired) electrons. The van der Waals surface area contributed by atoms with E-state index in [4.69, 9.17) is 5.73 Å². The number of hydrogen-bond acceptors (Lipinski definition) is 3. The number of carbonyl (C=O) groups is 1. The third-order valence-corrected chi connectivity index (χ3v) is 2.64. The minimum atomic E-state index is -0.486. The molecule has 0 saturated heterocycles. The van der Waals surface area contributed by atoms with Gasteiger partial charge >= 0.3 is 0 Å². The quantitative estimate of drug-likeness (QED) is 0.640. The van der Waals surface area contributed by atoms with E-state index in [0.717, 1.165) is 11.0 Å². The number of nitrogens with two attached hydrogens (primary N) is 1. The van der Waals surface area contributed by atoms with Crippen molar-refractivity contribution in [3.63, 3.8) is 0 Å². The van der Waals surface area contributed by atoms with Gasteiger partial charge < -0.3 is 5.73 Å². The third kappa shape index (κ3) is 1.50. The van der Waals surface area contributed by atoms with Crippen LogP contribution in [0.3, 0.4) is 0 Å². The minimum absolute atomic E-state index is 0.403. The van der Waals surface area contributed by atoms with Crippen LogP contribution in [0, 0.1) is 0 Å². The first kappa shape index (κ1) is 9.72. The first-order valence-corrected chi connectivity index (χ1v) is 5.21. The predicted molar refractivity (Wildman–Crippen MR) is 65.6 cm³/mol. The van der Waals surface area contributed by atoms with Gasteiger partial charge in [-0.25, -0.2) is 9.97 Å². The maximum absolute atomic E-state index is 11.3. The molecule has 17 heavy (non-hydrogen) atoms. The number of para-hydroxylation sites is 3. The largest absolute Gasteiger partial charge is 0.366 e. The molecule has 1 amide bonds. The van der Waals surface area contributed by atoms with Crippen molar-refractivity contribution in [3.8, 4) is 0 Å². The van der Waals surface area contributed by atoms with Crippen LogP contribution in [0.4, 0.5) is 0 Å². The number of fused-ring (bicyclic) bond motifs is 2. The fraction of sp³-hybridized carbons (Fsp3) is 0. The van der Waals surface area contributed by atoms with Gasteiger partial charge in [0.25, 0.3) is 5.91 Å². The van der Waals surface area contributed by atoms with Gasteiger partial charge in [-0.3, -0.25) is 4.79 Å². The van der Waals surface area contributed by atoms with E-state index in [0.29, 0.717) is 16.6 Å². The second kappa shape index (κ2) is 3.52. The fourth-order valence-corrected chi connectivity index (χ4v) is 1.84. The van der Waals surface area contributed by atoms with Crippen molar-refractivity contribution in [2.75, 3.05) is 0 Å². The molecule has 0 aliphatic rings. The first-order valence-electron chi connectivity index (χ1n) is 5.21. The van der Waals surface area contributed by atoms with Crippen molar-refractivity contribution < 1.29 is 4.79 Å². The van der Waals surface area contributed by atoms with Crippen molar-refractivity contribution in [2.24, 2.45) is 5.73 Å². The zero-order valence-electron chi connectivity index (χ0n) is 8.92. The Morgan fingerprint density at radius 3 is 2.24 bits per heavy atom. The summed E-state index contributed by atoms with van der Waals surface area (Å²) in [6, 6.07) is 12.8. The summed E-state index contributed by atoms with van der Waals surface area (Å²) in [4.78, 5) is 20.2. The second-order valence-corrected chi connectivity index (χ2v) is 3.75. The Hall–Kier alpha value is -2.49. The van der Waals surface area contributed by atoms with E-state index in [9.17, 15) is 4.79 Å². The molecule has 3 aromatic rings. The number of aromatic nitrogens is 2. The van der Waals surface area contributed by atoms with Gasteiger partial charge in [-0.1, -0.05) is 18.2 Å². The average Bonchev–Trinajstić information content (AvgIpc) is 2.35. The second-order valence-electron chi connectivity index (χ2n) is 3.75. The fourth-order valence-electron chi connectivity index (χ4n) is 1.84. The Bertz CT molecular complexity index is 737. The molecule has 2 N–H and O–H groups in total. The lowest BCUT2D eigenvalue weighted by atomic mass is 10.1. The summed E-state index contributed by atoms with van der Waals surface area (Å²) < 4.78 is 0. The highest BCUT2D eigenvalue weighted by molar-refractivity contribution is 6.05. The van der Waals surface area contributed by atoms with E-state index in [1.54, 1.807) is 12.1 Å². The SMILES string of the molecule is NC(=O)c1cccc2nc3ccccc3nc12. The van der Waals surface area contributed by atoms with Crippen LogP contribution < -0.4 is 5.73 Å². The molecule has 82 valence electrons. The summed E-state index contributed by atoms with van der Waals surface area (Å²) in [5.74, 6) is -0.486. The van der Waals surface area contributed by atoms with Gasteiger partial charge in [-0.15, -0.1) is 0 Å². The highest BCUT2D eigenvalue weighted by Gasteiger charge is 2.09. The van der Waals surface area contributed by atoms with E-state index < -0.39 is 5.91 Å². The molecule has 1 aromatic heterocycles. The van der Waals surface area contributed by atoms with Crippen LogP contribution in [0.2, 0.25) is 0 Å². The molecule has 2 aromatic carbocycles. The Morgan fingerprint density at radius 2 is 1.53 bits per heavy atom. The monoisotopic (exact) mass is 223 g/mol. The topological polar surface area (TPSA) is 68.9 Å². The summed E-state index contributed by atoms with van der Waals surface area (Å²) in [6.45, 7) is 0. The molecule has 0 aliphatic carbocycles. The molecule has 4 nitrogen and oxygen atoms in total. The molecule has 0 atom stereocenters. The molecule has 1 heterocycles. The molecule has 0 saturated carbocycles. The molecule has 0 unspecified atom stereocenters.